The van der Waals surface area contributed by atoms with Gasteiger partial charge in [-0.15, -0.1) is 0 Å². The molecule has 6 nitrogen and oxygen atoms in total. The highest BCUT2D eigenvalue weighted by Crippen LogP contribution is 2.02. The second kappa shape index (κ2) is 11.8. The van der Waals surface area contributed by atoms with Crippen molar-refractivity contribution in [3.63, 3.8) is 0 Å². The van der Waals surface area contributed by atoms with E-state index >= 15 is 0 Å². The van der Waals surface area contributed by atoms with Crippen molar-refractivity contribution >= 4 is 6.03 Å². The normalized spacial score (nSPS) is 15.1. The van der Waals surface area contributed by atoms with Gasteiger partial charge < -0.3 is 15.0 Å². The number of amides is 2. The standard InChI is InChI=1S/C19H32N4O2/c1-2-3-11-23(13-12-22-14-16-25-17-15-22)19(24)21-8-4-5-18-6-9-20-10-7-18/h6-7,9-10H,2-5,8,11-17H2,1H3,(H,21,24). The third-order valence-electron chi connectivity index (χ3n) is 4.53. The van der Waals surface area contributed by atoms with Crippen molar-refractivity contribution in [2.24, 2.45) is 0 Å². The van der Waals surface area contributed by atoms with Crippen LogP contribution in [0.5, 0.6) is 0 Å². The summed E-state index contributed by atoms with van der Waals surface area (Å²) in [7, 11) is 0. The Morgan fingerprint density at radius 2 is 2.00 bits per heavy atom. The molecule has 0 atom stereocenters. The molecule has 6 heteroatoms. The van der Waals surface area contributed by atoms with Crippen LogP contribution in [0.1, 0.15) is 31.7 Å². The van der Waals surface area contributed by atoms with E-state index in [4.69, 9.17) is 4.74 Å². The van der Waals surface area contributed by atoms with Crippen molar-refractivity contribution in [3.8, 4) is 0 Å². The molecular weight excluding hydrogens is 316 g/mol. The molecule has 0 saturated carbocycles. The molecule has 140 valence electrons. The van der Waals surface area contributed by atoms with Crippen molar-refractivity contribution in [2.45, 2.75) is 32.6 Å². The van der Waals surface area contributed by atoms with Crippen molar-refractivity contribution < 1.29 is 9.53 Å². The van der Waals surface area contributed by atoms with Crippen molar-refractivity contribution in [1.82, 2.24) is 20.1 Å². The van der Waals surface area contributed by atoms with Gasteiger partial charge in [0.15, 0.2) is 0 Å². The Labute approximate surface area is 151 Å². The van der Waals surface area contributed by atoms with Gasteiger partial charge in [-0.2, -0.15) is 0 Å². The summed E-state index contributed by atoms with van der Waals surface area (Å²) in [4.78, 5) is 20.9. The molecular formula is C19H32N4O2. The number of ether oxygens (including phenoxy) is 1. The molecule has 1 fully saturated rings. The summed E-state index contributed by atoms with van der Waals surface area (Å²) in [6.07, 6.45) is 7.68. The molecule has 2 heterocycles. The highest BCUT2D eigenvalue weighted by molar-refractivity contribution is 5.74. The first-order chi connectivity index (χ1) is 12.3. The van der Waals surface area contributed by atoms with Gasteiger partial charge in [-0.3, -0.25) is 9.88 Å². The van der Waals surface area contributed by atoms with E-state index in [1.165, 1.54) is 5.56 Å². The van der Waals surface area contributed by atoms with Gasteiger partial charge in [0.05, 0.1) is 13.2 Å². The largest absolute Gasteiger partial charge is 0.379 e. The van der Waals surface area contributed by atoms with Crippen LogP contribution in [-0.2, 0) is 11.2 Å². The number of carbonyl (C=O) groups is 1. The first-order valence-electron chi connectivity index (χ1n) is 9.51. The Kier molecular flexibility index (Phi) is 9.29. The highest BCUT2D eigenvalue weighted by atomic mass is 16.5. The van der Waals surface area contributed by atoms with Gasteiger partial charge >= 0.3 is 6.03 Å². The maximum absolute atomic E-state index is 12.5. The van der Waals surface area contributed by atoms with Gasteiger partial charge in [-0.05, 0) is 37.0 Å². The lowest BCUT2D eigenvalue weighted by molar-refractivity contribution is 0.0349. The van der Waals surface area contributed by atoms with Gasteiger partial charge in [0.25, 0.3) is 0 Å². The van der Waals surface area contributed by atoms with E-state index in [0.717, 1.165) is 71.6 Å². The summed E-state index contributed by atoms with van der Waals surface area (Å²) in [5.74, 6) is 0. The Bertz CT molecular complexity index is 478. The number of aromatic nitrogens is 1. The Morgan fingerprint density at radius 3 is 2.72 bits per heavy atom. The zero-order valence-corrected chi connectivity index (χ0v) is 15.5. The summed E-state index contributed by atoms with van der Waals surface area (Å²) in [6, 6.07) is 4.12. The van der Waals surface area contributed by atoms with Crippen LogP contribution in [0.25, 0.3) is 0 Å². The van der Waals surface area contributed by atoms with Crippen LogP contribution in [-0.4, -0.2) is 73.3 Å². The number of unbranched alkanes of at least 4 members (excludes halogenated alkanes) is 1. The molecule has 0 bridgehead atoms. The van der Waals surface area contributed by atoms with Gasteiger partial charge in [0.2, 0.25) is 0 Å². The van der Waals surface area contributed by atoms with E-state index in [9.17, 15) is 4.79 Å². The summed E-state index contributed by atoms with van der Waals surface area (Å²) in [5.41, 5.74) is 1.26. The van der Waals surface area contributed by atoms with Gasteiger partial charge in [0, 0.05) is 51.7 Å². The second-order valence-electron chi connectivity index (χ2n) is 6.49. The van der Waals surface area contributed by atoms with Crippen LogP contribution < -0.4 is 5.32 Å². The van der Waals surface area contributed by atoms with Crippen LogP contribution in [0.2, 0.25) is 0 Å². The molecule has 0 radical (unpaired) electrons. The second-order valence-corrected chi connectivity index (χ2v) is 6.49. The van der Waals surface area contributed by atoms with Crippen molar-refractivity contribution in [2.75, 3.05) is 52.5 Å². The molecule has 1 saturated heterocycles. The number of urea groups is 1. The van der Waals surface area contributed by atoms with Crippen LogP contribution >= 0.6 is 0 Å². The lowest BCUT2D eigenvalue weighted by Crippen LogP contribution is -2.46. The maximum atomic E-state index is 12.5. The average Bonchev–Trinajstić information content (AvgIpc) is 2.67. The minimum absolute atomic E-state index is 0.0661. The number of pyridine rings is 1. The number of rotatable bonds is 10. The topological polar surface area (TPSA) is 57.7 Å². The van der Waals surface area contributed by atoms with E-state index in [-0.39, 0.29) is 6.03 Å². The smallest absolute Gasteiger partial charge is 0.317 e. The maximum Gasteiger partial charge on any atom is 0.317 e. The van der Waals surface area contributed by atoms with Gasteiger partial charge in [-0.1, -0.05) is 13.3 Å². The molecule has 0 aliphatic carbocycles. The van der Waals surface area contributed by atoms with Crippen LogP contribution in [0, 0.1) is 0 Å². The number of morpholine rings is 1. The van der Waals surface area contributed by atoms with E-state index in [0.29, 0.717) is 6.54 Å². The Morgan fingerprint density at radius 1 is 1.24 bits per heavy atom. The molecule has 0 spiro atoms. The van der Waals surface area contributed by atoms with E-state index in [1.807, 2.05) is 29.4 Å². The van der Waals surface area contributed by atoms with Crippen molar-refractivity contribution in [3.05, 3.63) is 30.1 Å². The Balaban J connectivity index is 1.68. The van der Waals surface area contributed by atoms with E-state index in [2.05, 4.69) is 22.1 Å². The first-order valence-corrected chi connectivity index (χ1v) is 9.51. The fourth-order valence-electron chi connectivity index (χ4n) is 2.90. The van der Waals surface area contributed by atoms with Crippen LogP contribution in [0.15, 0.2) is 24.5 Å². The molecule has 0 unspecified atom stereocenters. The molecule has 1 aromatic rings. The lowest BCUT2D eigenvalue weighted by atomic mass is 10.1. The summed E-state index contributed by atoms with van der Waals surface area (Å²) in [5, 5.41) is 3.08. The predicted molar refractivity (Wildman–Crippen MR) is 99.7 cm³/mol. The zero-order valence-electron chi connectivity index (χ0n) is 15.5. The summed E-state index contributed by atoms with van der Waals surface area (Å²) < 4.78 is 5.38. The molecule has 1 aliphatic rings. The van der Waals surface area contributed by atoms with Crippen LogP contribution in [0.3, 0.4) is 0 Å². The predicted octanol–water partition coefficient (Wildman–Crippen LogP) is 2.16. The minimum atomic E-state index is 0.0661. The first kappa shape index (κ1) is 19.7. The number of nitrogens with zero attached hydrogens (tertiary/aromatic N) is 3. The molecule has 25 heavy (non-hydrogen) atoms. The quantitative estimate of drug-likeness (QED) is 0.658. The number of nitrogens with one attached hydrogen (secondary N) is 1. The van der Waals surface area contributed by atoms with Gasteiger partial charge in [0.1, 0.15) is 0 Å². The summed E-state index contributed by atoms with van der Waals surface area (Å²) in [6.45, 7) is 8.95. The number of hydrogen-bond acceptors (Lipinski definition) is 4. The molecule has 1 aliphatic heterocycles. The molecule has 2 amide bonds. The fraction of sp³-hybridized carbons (Fsp3) is 0.684. The highest BCUT2D eigenvalue weighted by Gasteiger charge is 2.15. The Hall–Kier alpha value is -1.66. The SMILES string of the molecule is CCCCN(CCN1CCOCC1)C(=O)NCCCc1ccncc1. The number of hydrogen-bond donors (Lipinski definition) is 1. The van der Waals surface area contributed by atoms with Crippen molar-refractivity contribution in [1.29, 1.82) is 0 Å². The third kappa shape index (κ3) is 7.84. The fourth-order valence-corrected chi connectivity index (χ4v) is 2.90. The molecule has 1 aromatic heterocycles. The third-order valence-corrected chi connectivity index (χ3v) is 4.53. The molecule has 0 aromatic carbocycles. The molecule has 2 rings (SSSR count). The average molecular weight is 348 g/mol. The number of aryl methyl sites for hydroxylation is 1. The zero-order chi connectivity index (χ0) is 17.7. The summed E-state index contributed by atoms with van der Waals surface area (Å²) >= 11 is 0. The van der Waals surface area contributed by atoms with Crippen LogP contribution in [0.4, 0.5) is 4.79 Å². The van der Waals surface area contributed by atoms with E-state index in [1.54, 1.807) is 0 Å². The molecule has 1 N–H and O–H groups in total. The minimum Gasteiger partial charge on any atom is -0.379 e. The monoisotopic (exact) mass is 348 g/mol. The number of carbonyl (C=O) groups excluding carboxylic acids is 1. The van der Waals surface area contributed by atoms with E-state index < -0.39 is 0 Å². The lowest BCUT2D eigenvalue weighted by Gasteiger charge is -2.30. The van der Waals surface area contributed by atoms with Gasteiger partial charge in [-0.25, -0.2) is 4.79 Å².